The number of rotatable bonds is 5. The molecule has 0 spiro atoms. The number of imidazole rings is 1. The molecule has 8 nitrogen and oxygen atoms in total. The number of hydrogen-bond donors (Lipinski definition) is 1. The number of nitrogens with one attached hydrogen (secondary N) is 1. The quantitative estimate of drug-likeness (QED) is 0.523. The van der Waals surface area contributed by atoms with Gasteiger partial charge in [0.1, 0.15) is 5.82 Å². The number of amides is 1. The average molecular weight is 428 g/mol. The first kappa shape index (κ1) is 20.3. The summed E-state index contributed by atoms with van der Waals surface area (Å²) < 4.78 is 46.1. The zero-order valence-electron chi connectivity index (χ0n) is 16.1. The Morgan fingerprint density at radius 3 is 2.71 bits per heavy atom. The monoisotopic (exact) mass is 428 g/mol. The highest BCUT2D eigenvalue weighted by atomic mass is 19.4. The van der Waals surface area contributed by atoms with Crippen LogP contribution in [0, 0.1) is 6.92 Å². The van der Waals surface area contributed by atoms with E-state index in [1.807, 2.05) is 4.40 Å². The lowest BCUT2D eigenvalue weighted by atomic mass is 10.1. The molecule has 1 N–H and O–H groups in total. The molecular weight excluding hydrogens is 413 g/mol. The van der Waals surface area contributed by atoms with E-state index < -0.39 is 24.3 Å². The van der Waals surface area contributed by atoms with Crippen LogP contribution in [0.5, 0.6) is 5.88 Å². The van der Waals surface area contributed by atoms with Gasteiger partial charge in [-0.1, -0.05) is 0 Å². The van der Waals surface area contributed by atoms with E-state index in [-0.39, 0.29) is 17.3 Å². The molecule has 0 aliphatic heterocycles. The maximum absolute atomic E-state index is 13.0. The van der Waals surface area contributed by atoms with Crippen molar-refractivity contribution in [2.24, 2.45) is 0 Å². The molecule has 31 heavy (non-hydrogen) atoms. The van der Waals surface area contributed by atoms with Gasteiger partial charge in [-0.25, -0.2) is 15.0 Å². The number of aromatic nitrogens is 5. The van der Waals surface area contributed by atoms with E-state index in [4.69, 9.17) is 4.74 Å². The normalized spacial score (nSPS) is 11.5. The molecule has 1 amide bonds. The molecule has 4 heterocycles. The second kappa shape index (κ2) is 8.01. The van der Waals surface area contributed by atoms with Gasteiger partial charge in [-0.15, -0.1) is 0 Å². The second-order valence-electron chi connectivity index (χ2n) is 6.55. The van der Waals surface area contributed by atoms with Crippen molar-refractivity contribution < 1.29 is 22.7 Å². The van der Waals surface area contributed by atoms with Crippen LogP contribution < -0.4 is 10.1 Å². The predicted octanol–water partition coefficient (Wildman–Crippen LogP) is 3.53. The molecule has 4 aromatic heterocycles. The Bertz CT molecular complexity index is 1240. The number of anilines is 1. The number of nitrogens with zero attached hydrogens (tertiary/aromatic N) is 5. The smallest absolute Gasteiger partial charge is 0.416 e. The zero-order valence-corrected chi connectivity index (χ0v) is 16.1. The SMILES string of the molecule is Cc1cnc(NC(=O)COc2ccc(-c3cnc4cnccn34)cn2)cc1C(F)(F)F. The van der Waals surface area contributed by atoms with Crippen molar-refractivity contribution in [3.05, 3.63) is 66.5 Å². The molecule has 0 saturated carbocycles. The number of fused-ring (bicyclic) bond motifs is 1. The molecule has 4 rings (SSSR count). The third-order valence-electron chi connectivity index (χ3n) is 4.38. The van der Waals surface area contributed by atoms with Crippen LogP contribution in [0.25, 0.3) is 16.9 Å². The number of halogens is 3. The highest BCUT2D eigenvalue weighted by molar-refractivity contribution is 5.91. The Morgan fingerprint density at radius 2 is 1.97 bits per heavy atom. The summed E-state index contributed by atoms with van der Waals surface area (Å²) in [5.74, 6) is -0.691. The summed E-state index contributed by atoms with van der Waals surface area (Å²) >= 11 is 0. The van der Waals surface area contributed by atoms with E-state index >= 15 is 0 Å². The Hall–Kier alpha value is -4.02. The summed E-state index contributed by atoms with van der Waals surface area (Å²) in [5.41, 5.74) is 1.37. The van der Waals surface area contributed by atoms with E-state index in [0.717, 1.165) is 23.5 Å². The predicted molar refractivity (Wildman–Crippen MR) is 104 cm³/mol. The van der Waals surface area contributed by atoms with Crippen molar-refractivity contribution >= 4 is 17.4 Å². The fraction of sp³-hybridized carbons (Fsp3) is 0.150. The summed E-state index contributed by atoms with van der Waals surface area (Å²) in [7, 11) is 0. The number of aryl methyl sites for hydroxylation is 1. The summed E-state index contributed by atoms with van der Waals surface area (Å²) in [4.78, 5) is 28.2. The van der Waals surface area contributed by atoms with Crippen LogP contribution >= 0.6 is 0 Å². The van der Waals surface area contributed by atoms with Gasteiger partial charge >= 0.3 is 6.18 Å². The molecule has 0 radical (unpaired) electrons. The third kappa shape index (κ3) is 4.44. The first-order valence-corrected chi connectivity index (χ1v) is 9.01. The van der Waals surface area contributed by atoms with Crippen LogP contribution in [-0.4, -0.2) is 36.9 Å². The van der Waals surface area contributed by atoms with Gasteiger partial charge < -0.3 is 10.1 Å². The first-order valence-electron chi connectivity index (χ1n) is 9.01. The van der Waals surface area contributed by atoms with Gasteiger partial charge in [0, 0.05) is 36.4 Å². The molecule has 0 aliphatic carbocycles. The molecule has 0 fully saturated rings. The van der Waals surface area contributed by atoms with Crippen LogP contribution in [-0.2, 0) is 11.0 Å². The second-order valence-corrected chi connectivity index (χ2v) is 6.55. The van der Waals surface area contributed by atoms with Crippen LogP contribution in [0.4, 0.5) is 19.0 Å². The average Bonchev–Trinajstić information content (AvgIpc) is 3.17. The number of alkyl halides is 3. The maximum Gasteiger partial charge on any atom is 0.416 e. The number of ether oxygens (including phenoxy) is 1. The maximum atomic E-state index is 13.0. The van der Waals surface area contributed by atoms with Gasteiger partial charge in [0.2, 0.25) is 5.88 Å². The lowest BCUT2D eigenvalue weighted by Crippen LogP contribution is -2.21. The minimum atomic E-state index is -4.54. The summed E-state index contributed by atoms with van der Waals surface area (Å²) in [6, 6.07) is 4.11. The number of carbonyl (C=O) groups excluding carboxylic acids is 1. The zero-order chi connectivity index (χ0) is 22.0. The molecular formula is C20H15F3N6O2. The molecule has 0 atom stereocenters. The lowest BCUT2D eigenvalue weighted by Gasteiger charge is -2.12. The van der Waals surface area contributed by atoms with Gasteiger partial charge in [-0.05, 0) is 24.6 Å². The van der Waals surface area contributed by atoms with Crippen molar-refractivity contribution in [2.75, 3.05) is 11.9 Å². The van der Waals surface area contributed by atoms with Crippen molar-refractivity contribution in [3.63, 3.8) is 0 Å². The fourth-order valence-corrected chi connectivity index (χ4v) is 2.89. The molecule has 0 bridgehead atoms. The Labute approximate surface area is 173 Å². The molecule has 11 heteroatoms. The van der Waals surface area contributed by atoms with Crippen molar-refractivity contribution in [3.8, 4) is 17.1 Å². The minimum absolute atomic E-state index is 0.0340. The molecule has 4 aromatic rings. The molecule has 158 valence electrons. The van der Waals surface area contributed by atoms with Gasteiger partial charge in [0.25, 0.3) is 5.91 Å². The number of pyridine rings is 2. The first-order chi connectivity index (χ1) is 14.8. The van der Waals surface area contributed by atoms with Crippen molar-refractivity contribution in [1.29, 1.82) is 0 Å². The number of hydrogen-bond acceptors (Lipinski definition) is 6. The van der Waals surface area contributed by atoms with Crippen LogP contribution in [0.3, 0.4) is 0 Å². The lowest BCUT2D eigenvalue weighted by molar-refractivity contribution is -0.138. The van der Waals surface area contributed by atoms with Crippen molar-refractivity contribution in [2.45, 2.75) is 13.1 Å². The largest absolute Gasteiger partial charge is 0.468 e. The Kier molecular flexibility index (Phi) is 5.24. The highest BCUT2D eigenvalue weighted by Crippen LogP contribution is 2.32. The van der Waals surface area contributed by atoms with E-state index in [1.165, 1.54) is 6.92 Å². The molecule has 0 saturated heterocycles. The molecule has 0 unspecified atom stereocenters. The van der Waals surface area contributed by atoms with Crippen molar-refractivity contribution in [1.82, 2.24) is 24.3 Å². The Morgan fingerprint density at radius 1 is 1.13 bits per heavy atom. The minimum Gasteiger partial charge on any atom is -0.468 e. The number of carbonyl (C=O) groups is 1. The standard InChI is InChI=1S/C20H15F3N6O2/c1-12-7-25-16(6-14(12)20(21,22)23)28-18(30)11-31-19-3-2-13(8-27-19)15-9-26-17-10-24-4-5-29(15)17/h2-10H,11H2,1H3,(H,25,28,30). The van der Waals surface area contributed by atoms with Crippen LogP contribution in [0.15, 0.2) is 55.4 Å². The van der Waals surface area contributed by atoms with E-state index in [2.05, 4.69) is 25.3 Å². The summed E-state index contributed by atoms with van der Waals surface area (Å²) in [6.45, 7) is 0.855. The van der Waals surface area contributed by atoms with Crippen LogP contribution in [0.2, 0.25) is 0 Å². The topological polar surface area (TPSA) is 94.3 Å². The molecule has 0 aromatic carbocycles. The van der Waals surface area contributed by atoms with E-state index in [9.17, 15) is 18.0 Å². The third-order valence-corrected chi connectivity index (χ3v) is 4.38. The molecule has 0 aliphatic rings. The van der Waals surface area contributed by atoms with Crippen LogP contribution in [0.1, 0.15) is 11.1 Å². The highest BCUT2D eigenvalue weighted by Gasteiger charge is 2.33. The Balaban J connectivity index is 1.39. The van der Waals surface area contributed by atoms with Gasteiger partial charge in [-0.3, -0.25) is 14.2 Å². The van der Waals surface area contributed by atoms with E-state index in [0.29, 0.717) is 5.65 Å². The van der Waals surface area contributed by atoms with Gasteiger partial charge in [0.05, 0.1) is 23.7 Å². The van der Waals surface area contributed by atoms with Gasteiger partial charge in [-0.2, -0.15) is 13.2 Å². The van der Waals surface area contributed by atoms with E-state index in [1.54, 1.807) is 43.1 Å². The summed E-state index contributed by atoms with van der Waals surface area (Å²) in [6.07, 6.45) is 4.81. The fourth-order valence-electron chi connectivity index (χ4n) is 2.89. The summed E-state index contributed by atoms with van der Waals surface area (Å²) in [5, 5.41) is 2.29. The van der Waals surface area contributed by atoms with Gasteiger partial charge in [0.15, 0.2) is 12.3 Å².